The number of hydrogen-bond acceptors (Lipinski definition) is 5. The van der Waals surface area contributed by atoms with E-state index in [1.54, 1.807) is 0 Å². The van der Waals surface area contributed by atoms with Crippen LogP contribution in [0.25, 0.3) is 16.9 Å². The maximum absolute atomic E-state index is 15.1. The highest BCUT2D eigenvalue weighted by Gasteiger charge is 2.37. The standard InChI is InChI=1S/C20H19ClF5N5O/c1-9(20(24,25)26)29-18-16(17(21)30-19-28-3-4-31(18)19)15-13(22)7-12(8-14(15)23)32-11-5-10(6-11)27-2/h3-4,7-11,27,29H,5-6H2,1-2H3/t9-,10?,11?/m1/s1. The van der Waals surface area contributed by atoms with Gasteiger partial charge in [-0.3, -0.25) is 4.40 Å². The Hall–Kier alpha value is -2.66. The van der Waals surface area contributed by atoms with Crippen molar-refractivity contribution < 1.29 is 26.7 Å². The van der Waals surface area contributed by atoms with Gasteiger partial charge in [-0.2, -0.15) is 18.2 Å². The van der Waals surface area contributed by atoms with E-state index in [-0.39, 0.29) is 35.1 Å². The van der Waals surface area contributed by atoms with Crippen molar-refractivity contribution >= 4 is 23.2 Å². The smallest absolute Gasteiger partial charge is 0.408 e. The number of anilines is 1. The molecule has 1 aliphatic rings. The van der Waals surface area contributed by atoms with Crippen LogP contribution in [0, 0.1) is 11.6 Å². The van der Waals surface area contributed by atoms with Gasteiger partial charge in [-0.25, -0.2) is 13.8 Å². The number of halogens is 6. The van der Waals surface area contributed by atoms with Crippen molar-refractivity contribution in [1.29, 1.82) is 0 Å². The summed E-state index contributed by atoms with van der Waals surface area (Å²) < 4.78 is 76.6. The van der Waals surface area contributed by atoms with Gasteiger partial charge < -0.3 is 15.4 Å². The zero-order valence-corrected chi connectivity index (χ0v) is 17.7. The summed E-state index contributed by atoms with van der Waals surface area (Å²) in [6.07, 6.45) is -0.824. The summed E-state index contributed by atoms with van der Waals surface area (Å²) in [4.78, 5) is 7.86. The molecule has 0 radical (unpaired) electrons. The van der Waals surface area contributed by atoms with Gasteiger partial charge in [-0.15, -0.1) is 0 Å². The lowest BCUT2D eigenvalue weighted by Crippen LogP contribution is -2.45. The van der Waals surface area contributed by atoms with Crippen molar-refractivity contribution in [2.24, 2.45) is 0 Å². The van der Waals surface area contributed by atoms with Crippen LogP contribution in [0.5, 0.6) is 5.75 Å². The first-order valence-corrected chi connectivity index (χ1v) is 10.2. The predicted molar refractivity (Wildman–Crippen MR) is 109 cm³/mol. The molecule has 1 saturated carbocycles. The molecule has 0 spiro atoms. The molecule has 172 valence electrons. The van der Waals surface area contributed by atoms with Crippen molar-refractivity contribution in [3.8, 4) is 16.9 Å². The summed E-state index contributed by atoms with van der Waals surface area (Å²) in [6, 6.07) is 0.204. The Labute approximate surface area is 184 Å². The maximum Gasteiger partial charge on any atom is 0.408 e. The van der Waals surface area contributed by atoms with E-state index in [0.717, 1.165) is 23.5 Å². The monoisotopic (exact) mass is 475 g/mol. The van der Waals surface area contributed by atoms with Gasteiger partial charge in [0.1, 0.15) is 40.5 Å². The highest BCUT2D eigenvalue weighted by molar-refractivity contribution is 6.33. The minimum Gasteiger partial charge on any atom is -0.490 e. The van der Waals surface area contributed by atoms with E-state index >= 15 is 8.78 Å². The Kier molecular flexibility index (Phi) is 5.89. The largest absolute Gasteiger partial charge is 0.490 e. The van der Waals surface area contributed by atoms with Gasteiger partial charge in [0.15, 0.2) is 0 Å². The van der Waals surface area contributed by atoms with Crippen LogP contribution in [0.1, 0.15) is 19.8 Å². The van der Waals surface area contributed by atoms with E-state index in [4.69, 9.17) is 16.3 Å². The molecule has 1 aromatic carbocycles. The van der Waals surface area contributed by atoms with E-state index in [2.05, 4.69) is 20.6 Å². The molecule has 1 aliphatic carbocycles. The number of nitrogens with zero attached hydrogens (tertiary/aromatic N) is 3. The molecule has 1 fully saturated rings. The van der Waals surface area contributed by atoms with Gasteiger partial charge in [0, 0.05) is 30.6 Å². The summed E-state index contributed by atoms with van der Waals surface area (Å²) in [5.41, 5.74) is -0.974. The predicted octanol–water partition coefficient (Wildman–Crippen LogP) is 4.82. The van der Waals surface area contributed by atoms with Crippen molar-refractivity contribution in [3.05, 3.63) is 41.3 Å². The summed E-state index contributed by atoms with van der Waals surface area (Å²) in [7, 11) is 1.81. The number of rotatable bonds is 6. The van der Waals surface area contributed by atoms with Crippen molar-refractivity contribution in [2.45, 2.75) is 44.1 Å². The lowest BCUT2D eigenvalue weighted by atomic mass is 9.89. The Morgan fingerprint density at radius 2 is 1.84 bits per heavy atom. The summed E-state index contributed by atoms with van der Waals surface area (Å²) >= 11 is 6.17. The number of ether oxygens (including phenoxy) is 1. The lowest BCUT2D eigenvalue weighted by molar-refractivity contribution is -0.138. The van der Waals surface area contributed by atoms with Gasteiger partial charge in [0.05, 0.1) is 11.1 Å². The van der Waals surface area contributed by atoms with E-state index < -0.39 is 34.6 Å². The van der Waals surface area contributed by atoms with E-state index in [1.165, 1.54) is 12.4 Å². The second-order valence-corrected chi connectivity index (χ2v) is 7.95. The average molecular weight is 476 g/mol. The highest BCUT2D eigenvalue weighted by atomic mass is 35.5. The van der Waals surface area contributed by atoms with Crippen LogP contribution in [-0.4, -0.2) is 45.8 Å². The van der Waals surface area contributed by atoms with Crippen LogP contribution in [0.3, 0.4) is 0 Å². The fourth-order valence-corrected chi connectivity index (χ4v) is 3.77. The van der Waals surface area contributed by atoms with Crippen molar-refractivity contribution in [3.63, 3.8) is 0 Å². The van der Waals surface area contributed by atoms with Crippen LogP contribution in [-0.2, 0) is 0 Å². The number of imidazole rings is 1. The Morgan fingerprint density at radius 1 is 1.19 bits per heavy atom. The summed E-state index contributed by atoms with van der Waals surface area (Å²) in [6.45, 7) is 0.877. The molecule has 2 aromatic heterocycles. The Balaban J connectivity index is 1.77. The van der Waals surface area contributed by atoms with E-state index in [1.807, 2.05) is 7.05 Å². The van der Waals surface area contributed by atoms with Gasteiger partial charge in [-0.05, 0) is 26.8 Å². The third-order valence-corrected chi connectivity index (χ3v) is 5.69. The molecule has 12 heteroatoms. The second-order valence-electron chi connectivity index (χ2n) is 7.59. The second kappa shape index (κ2) is 8.36. The third-order valence-electron chi connectivity index (χ3n) is 5.42. The number of aromatic nitrogens is 3. The molecule has 0 aliphatic heterocycles. The number of alkyl halides is 3. The Morgan fingerprint density at radius 3 is 2.44 bits per heavy atom. The number of nitrogens with one attached hydrogen (secondary N) is 2. The Bertz CT molecular complexity index is 1120. The number of benzene rings is 1. The van der Waals surface area contributed by atoms with Crippen LogP contribution in [0.2, 0.25) is 5.15 Å². The minimum atomic E-state index is -4.62. The van der Waals surface area contributed by atoms with Gasteiger partial charge in [-0.1, -0.05) is 11.6 Å². The number of fused-ring (bicyclic) bond motifs is 1. The lowest BCUT2D eigenvalue weighted by Gasteiger charge is -2.35. The van der Waals surface area contributed by atoms with Crippen LogP contribution < -0.4 is 15.4 Å². The molecule has 0 bridgehead atoms. The molecule has 0 saturated heterocycles. The van der Waals surface area contributed by atoms with Crippen LogP contribution in [0.4, 0.5) is 27.8 Å². The zero-order valence-electron chi connectivity index (χ0n) is 17.0. The molecule has 2 N–H and O–H groups in total. The first kappa shape index (κ1) is 22.5. The molecular formula is C20H19ClF5N5O. The first-order chi connectivity index (χ1) is 15.1. The summed E-state index contributed by atoms with van der Waals surface area (Å²) in [5, 5.41) is 4.93. The first-order valence-electron chi connectivity index (χ1n) is 9.77. The zero-order chi connectivity index (χ0) is 23.2. The molecule has 32 heavy (non-hydrogen) atoms. The maximum atomic E-state index is 15.1. The van der Waals surface area contributed by atoms with E-state index in [9.17, 15) is 13.2 Å². The van der Waals surface area contributed by atoms with Gasteiger partial charge in [0.2, 0.25) is 5.78 Å². The van der Waals surface area contributed by atoms with E-state index in [0.29, 0.717) is 12.8 Å². The molecule has 1 atom stereocenters. The molecule has 6 nitrogen and oxygen atoms in total. The molecule has 4 rings (SSSR count). The molecule has 3 aromatic rings. The average Bonchev–Trinajstić information content (AvgIpc) is 3.13. The molecule has 0 unspecified atom stereocenters. The molecule has 0 amide bonds. The quantitative estimate of drug-likeness (QED) is 0.395. The van der Waals surface area contributed by atoms with Crippen LogP contribution in [0.15, 0.2) is 24.5 Å². The van der Waals surface area contributed by atoms with Gasteiger partial charge in [0.25, 0.3) is 0 Å². The fraction of sp³-hybridized carbons (Fsp3) is 0.400. The molecular weight excluding hydrogens is 457 g/mol. The topological polar surface area (TPSA) is 63.5 Å². The normalized spacial score (nSPS) is 19.6. The van der Waals surface area contributed by atoms with Crippen LogP contribution >= 0.6 is 11.6 Å². The fourth-order valence-electron chi connectivity index (χ4n) is 3.51. The summed E-state index contributed by atoms with van der Waals surface area (Å²) in [5.74, 6) is -2.43. The SMILES string of the molecule is CNC1CC(Oc2cc(F)c(-c3c(Cl)nc4nccn4c3N[C@H](C)C(F)(F)F)c(F)c2)C1. The number of hydrogen-bond donors (Lipinski definition) is 2. The highest BCUT2D eigenvalue weighted by Crippen LogP contribution is 2.40. The van der Waals surface area contributed by atoms with Gasteiger partial charge >= 0.3 is 6.18 Å². The van der Waals surface area contributed by atoms with Crippen molar-refractivity contribution in [2.75, 3.05) is 12.4 Å². The minimum absolute atomic E-state index is 0.0192. The van der Waals surface area contributed by atoms with Crippen molar-refractivity contribution in [1.82, 2.24) is 19.7 Å². The molecule has 2 heterocycles. The third kappa shape index (κ3) is 4.18.